The summed E-state index contributed by atoms with van der Waals surface area (Å²) in [6.07, 6.45) is 0.500. The van der Waals surface area contributed by atoms with Gasteiger partial charge in [0.1, 0.15) is 5.75 Å². The van der Waals surface area contributed by atoms with Crippen LogP contribution in [0.3, 0.4) is 0 Å². The van der Waals surface area contributed by atoms with Gasteiger partial charge in [0, 0.05) is 13.0 Å². The lowest BCUT2D eigenvalue weighted by molar-refractivity contribution is -0.121. The van der Waals surface area contributed by atoms with E-state index in [4.69, 9.17) is 4.74 Å². The monoisotopic (exact) mass is 283 g/mol. The second-order valence-electron chi connectivity index (χ2n) is 5.14. The lowest BCUT2D eigenvalue weighted by Crippen LogP contribution is -2.24. The van der Waals surface area contributed by atoms with Crippen LogP contribution in [-0.2, 0) is 11.3 Å². The van der Waals surface area contributed by atoms with Crippen LogP contribution in [0.5, 0.6) is 5.75 Å². The molecule has 1 atom stereocenters. The minimum atomic E-state index is 0.0715. The Kier molecular flexibility index (Phi) is 5.38. The van der Waals surface area contributed by atoms with Gasteiger partial charge in [0.15, 0.2) is 0 Å². The van der Waals surface area contributed by atoms with Crippen LogP contribution in [-0.4, -0.2) is 13.0 Å². The number of nitrogens with one attached hydrogen (secondary N) is 1. The Bertz CT molecular complexity index is 564. The van der Waals surface area contributed by atoms with Gasteiger partial charge in [-0.3, -0.25) is 4.79 Å². The smallest absolute Gasteiger partial charge is 0.220 e. The number of methoxy groups -OCH3 is 1. The molecule has 0 heterocycles. The largest absolute Gasteiger partial charge is 0.497 e. The number of carbonyl (C=O) groups excluding carboxylic acids is 1. The van der Waals surface area contributed by atoms with Crippen LogP contribution in [0, 0.1) is 0 Å². The summed E-state index contributed by atoms with van der Waals surface area (Å²) in [5, 5.41) is 2.96. The van der Waals surface area contributed by atoms with E-state index in [1.54, 1.807) is 7.11 Å². The highest BCUT2D eigenvalue weighted by molar-refractivity contribution is 5.76. The van der Waals surface area contributed by atoms with E-state index in [0.29, 0.717) is 13.0 Å². The summed E-state index contributed by atoms with van der Waals surface area (Å²) in [5.74, 6) is 1.12. The predicted octanol–water partition coefficient (Wildman–Crippen LogP) is 3.51. The first-order chi connectivity index (χ1) is 10.2. The Morgan fingerprint density at radius 3 is 2.38 bits per heavy atom. The Morgan fingerprint density at radius 2 is 1.76 bits per heavy atom. The van der Waals surface area contributed by atoms with Crippen molar-refractivity contribution in [3.05, 3.63) is 65.7 Å². The van der Waals surface area contributed by atoms with Crippen LogP contribution in [0.1, 0.15) is 30.4 Å². The van der Waals surface area contributed by atoms with Gasteiger partial charge in [0.05, 0.1) is 7.11 Å². The van der Waals surface area contributed by atoms with Crippen molar-refractivity contribution in [2.24, 2.45) is 0 Å². The highest BCUT2D eigenvalue weighted by Gasteiger charge is 2.10. The van der Waals surface area contributed by atoms with Gasteiger partial charge in [-0.2, -0.15) is 0 Å². The summed E-state index contributed by atoms with van der Waals surface area (Å²) in [4.78, 5) is 12.0. The fourth-order valence-corrected chi connectivity index (χ4v) is 2.19. The van der Waals surface area contributed by atoms with E-state index in [1.807, 2.05) is 42.5 Å². The minimum absolute atomic E-state index is 0.0715. The molecule has 1 amide bonds. The molecule has 0 aliphatic carbocycles. The zero-order valence-corrected chi connectivity index (χ0v) is 12.5. The SMILES string of the molecule is COc1ccc(CNC(=O)C[C@@H](C)c2ccccc2)cc1. The Labute approximate surface area is 126 Å². The first kappa shape index (κ1) is 15.1. The van der Waals surface area contributed by atoms with Crippen LogP contribution < -0.4 is 10.1 Å². The molecule has 0 aliphatic rings. The first-order valence-corrected chi connectivity index (χ1v) is 7.13. The van der Waals surface area contributed by atoms with Gasteiger partial charge in [0.2, 0.25) is 5.91 Å². The lowest BCUT2D eigenvalue weighted by Gasteiger charge is -2.12. The number of hydrogen-bond donors (Lipinski definition) is 1. The topological polar surface area (TPSA) is 38.3 Å². The molecule has 2 aromatic carbocycles. The van der Waals surface area contributed by atoms with Crippen molar-refractivity contribution >= 4 is 5.91 Å². The average molecular weight is 283 g/mol. The maximum atomic E-state index is 12.0. The molecule has 0 fully saturated rings. The molecule has 2 aromatic rings. The highest BCUT2D eigenvalue weighted by atomic mass is 16.5. The number of amides is 1. The maximum absolute atomic E-state index is 12.0. The van der Waals surface area contributed by atoms with E-state index in [-0.39, 0.29) is 11.8 Å². The number of carbonyl (C=O) groups is 1. The van der Waals surface area contributed by atoms with Gasteiger partial charge in [-0.15, -0.1) is 0 Å². The molecule has 0 unspecified atom stereocenters. The molecule has 110 valence electrons. The van der Waals surface area contributed by atoms with Gasteiger partial charge in [-0.1, -0.05) is 49.4 Å². The molecule has 21 heavy (non-hydrogen) atoms. The van der Waals surface area contributed by atoms with E-state index in [9.17, 15) is 4.79 Å². The predicted molar refractivity (Wildman–Crippen MR) is 84.3 cm³/mol. The van der Waals surface area contributed by atoms with Crippen molar-refractivity contribution in [2.75, 3.05) is 7.11 Å². The maximum Gasteiger partial charge on any atom is 0.220 e. The number of benzene rings is 2. The summed E-state index contributed by atoms with van der Waals surface area (Å²) in [6, 6.07) is 17.8. The summed E-state index contributed by atoms with van der Waals surface area (Å²) in [7, 11) is 1.64. The molecule has 0 spiro atoms. The second kappa shape index (κ2) is 7.48. The zero-order chi connectivity index (χ0) is 15.1. The minimum Gasteiger partial charge on any atom is -0.497 e. The number of hydrogen-bond acceptors (Lipinski definition) is 2. The Hall–Kier alpha value is -2.29. The summed E-state index contributed by atoms with van der Waals surface area (Å²) in [5.41, 5.74) is 2.26. The normalized spacial score (nSPS) is 11.7. The van der Waals surface area contributed by atoms with Crippen molar-refractivity contribution in [1.29, 1.82) is 0 Å². The van der Waals surface area contributed by atoms with E-state index in [0.717, 1.165) is 11.3 Å². The van der Waals surface area contributed by atoms with E-state index in [2.05, 4.69) is 24.4 Å². The standard InChI is InChI=1S/C18H21NO2/c1-14(16-6-4-3-5-7-16)12-18(20)19-13-15-8-10-17(21-2)11-9-15/h3-11,14H,12-13H2,1-2H3,(H,19,20)/t14-/m1/s1. The zero-order valence-electron chi connectivity index (χ0n) is 12.5. The second-order valence-corrected chi connectivity index (χ2v) is 5.14. The molecule has 0 saturated carbocycles. The van der Waals surface area contributed by atoms with E-state index >= 15 is 0 Å². The third-order valence-electron chi connectivity index (χ3n) is 3.51. The molecule has 3 nitrogen and oxygen atoms in total. The third-order valence-corrected chi connectivity index (χ3v) is 3.51. The molecule has 0 aliphatic heterocycles. The molecule has 1 N–H and O–H groups in total. The quantitative estimate of drug-likeness (QED) is 0.881. The number of ether oxygens (including phenoxy) is 1. The summed E-state index contributed by atoms with van der Waals surface area (Å²) in [6.45, 7) is 2.62. The molecule has 3 heteroatoms. The van der Waals surface area contributed by atoms with Gasteiger partial charge in [0.25, 0.3) is 0 Å². The molecular formula is C18H21NO2. The summed E-state index contributed by atoms with van der Waals surface area (Å²) >= 11 is 0. The van der Waals surface area contributed by atoms with Crippen molar-refractivity contribution < 1.29 is 9.53 Å². The first-order valence-electron chi connectivity index (χ1n) is 7.13. The molecular weight excluding hydrogens is 262 g/mol. The molecule has 0 radical (unpaired) electrons. The molecule has 0 bridgehead atoms. The van der Waals surface area contributed by atoms with Crippen LogP contribution >= 0.6 is 0 Å². The highest BCUT2D eigenvalue weighted by Crippen LogP contribution is 2.18. The van der Waals surface area contributed by atoms with Crippen molar-refractivity contribution in [1.82, 2.24) is 5.32 Å². The molecule has 0 aromatic heterocycles. The summed E-state index contributed by atoms with van der Waals surface area (Å²) < 4.78 is 5.11. The van der Waals surface area contributed by atoms with Crippen molar-refractivity contribution in [3.8, 4) is 5.75 Å². The molecule has 2 rings (SSSR count). The van der Waals surface area contributed by atoms with E-state index in [1.165, 1.54) is 5.56 Å². The number of rotatable bonds is 6. The fourth-order valence-electron chi connectivity index (χ4n) is 2.19. The van der Waals surface area contributed by atoms with Gasteiger partial charge in [-0.25, -0.2) is 0 Å². The van der Waals surface area contributed by atoms with Gasteiger partial charge < -0.3 is 10.1 Å². The van der Waals surface area contributed by atoms with Crippen LogP contribution in [0.25, 0.3) is 0 Å². The Balaban J connectivity index is 1.81. The molecule has 0 saturated heterocycles. The van der Waals surface area contributed by atoms with E-state index < -0.39 is 0 Å². The van der Waals surface area contributed by atoms with Crippen LogP contribution in [0.4, 0.5) is 0 Å². The lowest BCUT2D eigenvalue weighted by atomic mass is 9.97. The van der Waals surface area contributed by atoms with Gasteiger partial charge >= 0.3 is 0 Å². The third kappa shape index (κ3) is 4.63. The van der Waals surface area contributed by atoms with Crippen molar-refractivity contribution in [3.63, 3.8) is 0 Å². The van der Waals surface area contributed by atoms with Gasteiger partial charge in [-0.05, 0) is 29.2 Å². The average Bonchev–Trinajstić information content (AvgIpc) is 2.54. The van der Waals surface area contributed by atoms with Crippen molar-refractivity contribution in [2.45, 2.75) is 25.8 Å². The fraction of sp³-hybridized carbons (Fsp3) is 0.278. The van der Waals surface area contributed by atoms with Crippen LogP contribution in [0.15, 0.2) is 54.6 Å². The Morgan fingerprint density at radius 1 is 1.10 bits per heavy atom. The van der Waals surface area contributed by atoms with Crippen LogP contribution in [0.2, 0.25) is 0 Å².